The smallest absolute Gasteiger partial charge is 0.254 e. The Hall–Kier alpha value is -3.48. The molecule has 0 aliphatic carbocycles. The second-order valence-electron chi connectivity index (χ2n) is 7.67. The Morgan fingerprint density at radius 1 is 1.23 bits per heavy atom. The first-order chi connectivity index (χ1) is 15.0. The average molecular weight is 421 g/mol. The number of Topliss-reactive ketones (excluding diaryl/α,β-unsaturated/α-hetero) is 1. The second kappa shape index (κ2) is 8.71. The summed E-state index contributed by atoms with van der Waals surface area (Å²) in [5.74, 6) is -0.507. The molecule has 2 heterocycles. The summed E-state index contributed by atoms with van der Waals surface area (Å²) in [6.45, 7) is -0.703. The SMILES string of the molecule is CNC(=O)c1cc(C(=O)CCc2cnn(C)c2)cc2c1O[C@H](CF)[C@H]2c1ccccc1. The van der Waals surface area contributed by atoms with Crippen LogP contribution in [-0.4, -0.2) is 41.3 Å². The van der Waals surface area contributed by atoms with E-state index < -0.39 is 18.7 Å². The van der Waals surface area contributed by atoms with Crippen molar-refractivity contribution in [2.24, 2.45) is 7.05 Å². The molecule has 0 radical (unpaired) electrons. The molecule has 0 bridgehead atoms. The van der Waals surface area contributed by atoms with Gasteiger partial charge in [0.05, 0.1) is 17.7 Å². The molecule has 160 valence electrons. The standard InChI is InChI=1S/C24H24FN3O3/c1-26-24(30)19-11-17(20(29)9-8-15-13-27-28(2)14-15)10-18-22(16-6-4-3-5-7-16)21(12-25)31-23(18)19/h3-7,10-11,13-14,21-22H,8-9,12H2,1-2H3,(H,26,30)/t21-,22+/m1/s1. The molecule has 0 fully saturated rings. The Balaban J connectivity index is 1.73. The number of nitrogens with zero attached hydrogens (tertiary/aromatic N) is 2. The number of alkyl halides is 1. The molecule has 0 spiro atoms. The number of hydrogen-bond acceptors (Lipinski definition) is 4. The molecule has 0 saturated heterocycles. The number of carbonyl (C=O) groups excluding carboxylic acids is 2. The zero-order valence-corrected chi connectivity index (χ0v) is 17.5. The first-order valence-electron chi connectivity index (χ1n) is 10.2. The van der Waals surface area contributed by atoms with Crippen molar-refractivity contribution in [2.45, 2.75) is 24.9 Å². The molecule has 6 nitrogen and oxygen atoms in total. The van der Waals surface area contributed by atoms with Gasteiger partial charge in [-0.05, 0) is 29.7 Å². The number of aromatic nitrogens is 2. The minimum absolute atomic E-state index is 0.0904. The predicted octanol–water partition coefficient (Wildman–Crippen LogP) is 3.46. The van der Waals surface area contributed by atoms with Crippen molar-refractivity contribution in [1.29, 1.82) is 0 Å². The molecular weight excluding hydrogens is 397 g/mol. The van der Waals surface area contributed by atoms with Crippen LogP contribution in [0.3, 0.4) is 0 Å². The van der Waals surface area contributed by atoms with Gasteiger partial charge < -0.3 is 10.1 Å². The van der Waals surface area contributed by atoms with Gasteiger partial charge in [-0.25, -0.2) is 4.39 Å². The Bertz CT molecular complexity index is 1110. The van der Waals surface area contributed by atoms with Crippen molar-refractivity contribution < 1.29 is 18.7 Å². The van der Waals surface area contributed by atoms with Crippen molar-refractivity contribution in [2.75, 3.05) is 13.7 Å². The molecule has 2 atom stereocenters. The summed E-state index contributed by atoms with van der Waals surface area (Å²) >= 11 is 0. The maximum atomic E-state index is 13.9. The number of benzene rings is 2. The Labute approximate surface area is 180 Å². The number of hydrogen-bond donors (Lipinski definition) is 1. The van der Waals surface area contributed by atoms with Gasteiger partial charge in [-0.1, -0.05) is 30.3 Å². The third-order valence-corrected chi connectivity index (χ3v) is 5.60. The minimum Gasteiger partial charge on any atom is -0.486 e. The summed E-state index contributed by atoms with van der Waals surface area (Å²) in [5, 5.41) is 6.71. The van der Waals surface area contributed by atoms with Crippen LogP contribution in [0.4, 0.5) is 4.39 Å². The fourth-order valence-corrected chi connectivity index (χ4v) is 4.08. The van der Waals surface area contributed by atoms with E-state index in [9.17, 15) is 14.0 Å². The van der Waals surface area contributed by atoms with Crippen LogP contribution in [-0.2, 0) is 13.5 Å². The van der Waals surface area contributed by atoms with Crippen molar-refractivity contribution in [3.63, 3.8) is 0 Å². The van der Waals surface area contributed by atoms with Gasteiger partial charge in [0.1, 0.15) is 18.5 Å². The second-order valence-corrected chi connectivity index (χ2v) is 7.67. The number of ether oxygens (including phenoxy) is 1. The van der Waals surface area contributed by atoms with Crippen LogP contribution in [0.25, 0.3) is 0 Å². The third-order valence-electron chi connectivity index (χ3n) is 5.60. The van der Waals surface area contributed by atoms with Crippen LogP contribution in [0, 0.1) is 0 Å². The quantitative estimate of drug-likeness (QED) is 0.593. The summed E-state index contributed by atoms with van der Waals surface area (Å²) in [7, 11) is 3.34. The fraction of sp³-hybridized carbons (Fsp3) is 0.292. The summed E-state index contributed by atoms with van der Waals surface area (Å²) in [5.41, 5.74) is 3.19. The van der Waals surface area contributed by atoms with Crippen LogP contribution >= 0.6 is 0 Å². The summed E-state index contributed by atoms with van der Waals surface area (Å²) in [6, 6.07) is 12.8. The average Bonchev–Trinajstić information content (AvgIpc) is 3.39. The number of ketones is 1. The molecule has 3 aromatic rings. The van der Waals surface area contributed by atoms with Gasteiger partial charge in [0.15, 0.2) is 5.78 Å². The van der Waals surface area contributed by atoms with E-state index >= 15 is 0 Å². The molecule has 1 aromatic heterocycles. The molecule has 2 aromatic carbocycles. The Morgan fingerprint density at radius 2 is 2.00 bits per heavy atom. The van der Waals surface area contributed by atoms with Crippen LogP contribution < -0.4 is 10.1 Å². The van der Waals surface area contributed by atoms with Gasteiger partial charge >= 0.3 is 0 Å². The molecule has 1 aliphatic rings. The number of fused-ring (bicyclic) bond motifs is 1. The van der Waals surface area contributed by atoms with E-state index in [0.29, 0.717) is 23.3 Å². The lowest BCUT2D eigenvalue weighted by Gasteiger charge is -2.16. The highest BCUT2D eigenvalue weighted by molar-refractivity contribution is 6.03. The van der Waals surface area contributed by atoms with E-state index in [1.165, 1.54) is 7.05 Å². The number of nitrogens with one attached hydrogen (secondary N) is 1. The molecule has 1 N–H and O–H groups in total. The fourth-order valence-electron chi connectivity index (χ4n) is 4.08. The van der Waals surface area contributed by atoms with Crippen LogP contribution in [0.15, 0.2) is 54.9 Å². The van der Waals surface area contributed by atoms with Crippen molar-refractivity contribution in [1.82, 2.24) is 15.1 Å². The van der Waals surface area contributed by atoms with E-state index in [-0.39, 0.29) is 23.7 Å². The van der Waals surface area contributed by atoms with E-state index in [4.69, 9.17) is 4.74 Å². The molecule has 0 saturated carbocycles. The molecule has 0 unspecified atom stereocenters. The summed E-state index contributed by atoms with van der Waals surface area (Å²) < 4.78 is 21.5. The molecule has 7 heteroatoms. The highest BCUT2D eigenvalue weighted by Gasteiger charge is 2.39. The Morgan fingerprint density at radius 3 is 2.65 bits per heavy atom. The van der Waals surface area contributed by atoms with Gasteiger partial charge in [-0.2, -0.15) is 5.10 Å². The van der Waals surface area contributed by atoms with Gasteiger partial charge in [-0.15, -0.1) is 0 Å². The predicted molar refractivity (Wildman–Crippen MR) is 114 cm³/mol. The van der Waals surface area contributed by atoms with Crippen molar-refractivity contribution in [3.8, 4) is 5.75 Å². The first kappa shape index (κ1) is 20.8. The molecular formula is C24H24FN3O3. The summed E-state index contributed by atoms with van der Waals surface area (Å²) in [6.07, 6.45) is 3.68. The topological polar surface area (TPSA) is 73.2 Å². The van der Waals surface area contributed by atoms with Gasteiger partial charge in [0, 0.05) is 37.8 Å². The lowest BCUT2D eigenvalue weighted by Crippen LogP contribution is -2.22. The van der Waals surface area contributed by atoms with Crippen LogP contribution in [0.5, 0.6) is 5.75 Å². The number of carbonyl (C=O) groups is 2. The minimum atomic E-state index is -0.749. The number of halogens is 1. The van der Waals surface area contributed by atoms with E-state index in [2.05, 4.69) is 10.4 Å². The zero-order chi connectivity index (χ0) is 22.0. The van der Waals surface area contributed by atoms with Crippen LogP contribution in [0.2, 0.25) is 0 Å². The largest absolute Gasteiger partial charge is 0.486 e. The monoisotopic (exact) mass is 421 g/mol. The van der Waals surface area contributed by atoms with Gasteiger partial charge in [-0.3, -0.25) is 14.3 Å². The van der Waals surface area contributed by atoms with Crippen LogP contribution in [0.1, 0.15) is 49.7 Å². The zero-order valence-electron chi connectivity index (χ0n) is 17.5. The maximum Gasteiger partial charge on any atom is 0.254 e. The molecule has 31 heavy (non-hydrogen) atoms. The number of rotatable bonds is 7. The van der Waals surface area contributed by atoms with Crippen molar-refractivity contribution in [3.05, 3.63) is 82.7 Å². The Kier molecular flexibility index (Phi) is 5.84. The third kappa shape index (κ3) is 4.08. The van der Waals surface area contributed by atoms with E-state index in [0.717, 1.165) is 11.1 Å². The van der Waals surface area contributed by atoms with E-state index in [1.54, 1.807) is 23.0 Å². The maximum absolute atomic E-state index is 13.9. The highest BCUT2D eigenvalue weighted by Crippen LogP contribution is 2.45. The lowest BCUT2D eigenvalue weighted by atomic mass is 9.86. The van der Waals surface area contributed by atoms with E-state index in [1.807, 2.05) is 43.6 Å². The van der Waals surface area contributed by atoms with Crippen molar-refractivity contribution >= 4 is 11.7 Å². The normalized spacial score (nSPS) is 17.1. The van der Waals surface area contributed by atoms with Gasteiger partial charge in [0.2, 0.25) is 0 Å². The highest BCUT2D eigenvalue weighted by atomic mass is 19.1. The number of aryl methyl sites for hydroxylation is 2. The molecule has 1 amide bonds. The first-order valence-corrected chi connectivity index (χ1v) is 10.2. The summed E-state index contributed by atoms with van der Waals surface area (Å²) in [4.78, 5) is 25.6. The lowest BCUT2D eigenvalue weighted by molar-refractivity contribution is 0.0955. The van der Waals surface area contributed by atoms with Gasteiger partial charge in [0.25, 0.3) is 5.91 Å². The molecule has 1 aliphatic heterocycles. The molecule has 4 rings (SSSR count). The number of amides is 1.